The smallest absolute Gasteiger partial charge is 0.243 e. The lowest BCUT2D eigenvalue weighted by molar-refractivity contribution is 0.256. The molecule has 0 N–H and O–H groups in total. The third-order valence-electron chi connectivity index (χ3n) is 5.32. The highest BCUT2D eigenvalue weighted by molar-refractivity contribution is 7.89. The maximum atomic E-state index is 13.4. The van der Waals surface area contributed by atoms with Crippen molar-refractivity contribution in [3.8, 4) is 0 Å². The molecule has 6 heteroatoms. The third kappa shape index (κ3) is 4.01. The van der Waals surface area contributed by atoms with Gasteiger partial charge in [0.1, 0.15) is 5.82 Å². The quantitative estimate of drug-likeness (QED) is 0.747. The van der Waals surface area contributed by atoms with Crippen LogP contribution >= 0.6 is 0 Å². The average Bonchev–Trinajstić information content (AvgIpc) is 2.70. The molecule has 1 aromatic heterocycles. The maximum Gasteiger partial charge on any atom is 0.243 e. The van der Waals surface area contributed by atoms with Gasteiger partial charge in [0.15, 0.2) is 0 Å². The highest BCUT2D eigenvalue weighted by Gasteiger charge is 2.36. The molecular formula is C21H29N3O2S. The van der Waals surface area contributed by atoms with Crippen LogP contribution in [-0.2, 0) is 10.0 Å². The number of nitrogens with zero attached hydrogens (tertiary/aromatic N) is 3. The fourth-order valence-electron chi connectivity index (χ4n) is 3.81. The van der Waals surface area contributed by atoms with E-state index in [2.05, 4.69) is 23.7 Å². The number of sulfonamides is 1. The molecular weight excluding hydrogens is 358 g/mol. The minimum absolute atomic E-state index is 0.172. The molecule has 27 heavy (non-hydrogen) atoms. The Morgan fingerprint density at radius 2 is 1.81 bits per heavy atom. The minimum Gasteiger partial charge on any atom is -0.357 e. The van der Waals surface area contributed by atoms with Crippen molar-refractivity contribution in [1.29, 1.82) is 0 Å². The van der Waals surface area contributed by atoms with Crippen molar-refractivity contribution in [2.75, 3.05) is 24.5 Å². The lowest BCUT2D eigenvalue weighted by Crippen LogP contribution is -2.39. The molecule has 3 rings (SSSR count). The van der Waals surface area contributed by atoms with Gasteiger partial charge in [-0.25, -0.2) is 13.4 Å². The molecule has 5 nitrogen and oxygen atoms in total. The molecule has 1 atom stereocenters. The molecule has 0 bridgehead atoms. The zero-order valence-corrected chi connectivity index (χ0v) is 17.2. The van der Waals surface area contributed by atoms with E-state index in [0.29, 0.717) is 11.4 Å². The summed E-state index contributed by atoms with van der Waals surface area (Å²) in [6.07, 6.45) is 4.53. The molecule has 1 aliphatic rings. The number of hydrogen-bond donors (Lipinski definition) is 0. The van der Waals surface area contributed by atoms with Crippen molar-refractivity contribution >= 4 is 15.8 Å². The van der Waals surface area contributed by atoms with E-state index in [9.17, 15) is 8.42 Å². The van der Waals surface area contributed by atoms with E-state index in [1.807, 2.05) is 31.2 Å². The van der Waals surface area contributed by atoms with Crippen molar-refractivity contribution < 1.29 is 8.42 Å². The number of aryl methyl sites for hydroxylation is 1. The summed E-state index contributed by atoms with van der Waals surface area (Å²) < 4.78 is 28.5. The van der Waals surface area contributed by atoms with Crippen molar-refractivity contribution in [2.45, 2.75) is 51.0 Å². The van der Waals surface area contributed by atoms with Gasteiger partial charge in [-0.15, -0.1) is 0 Å². The zero-order chi connectivity index (χ0) is 19.4. The number of piperidine rings is 1. The topological polar surface area (TPSA) is 53.5 Å². The summed E-state index contributed by atoms with van der Waals surface area (Å²) in [6, 6.07) is 10.9. The van der Waals surface area contributed by atoms with Gasteiger partial charge < -0.3 is 4.90 Å². The summed E-state index contributed by atoms with van der Waals surface area (Å²) in [7, 11) is -3.54. The fourth-order valence-corrected chi connectivity index (χ4v) is 5.48. The van der Waals surface area contributed by atoms with Crippen LogP contribution in [0.3, 0.4) is 0 Å². The first-order chi connectivity index (χ1) is 13.0. The summed E-state index contributed by atoms with van der Waals surface area (Å²) in [5, 5.41) is 0. The molecule has 1 unspecified atom stereocenters. The van der Waals surface area contributed by atoms with Crippen LogP contribution in [0.25, 0.3) is 0 Å². The monoisotopic (exact) mass is 387 g/mol. The summed E-state index contributed by atoms with van der Waals surface area (Å²) in [5.74, 6) is 0.901. The Morgan fingerprint density at radius 3 is 2.48 bits per heavy atom. The second-order valence-corrected chi connectivity index (χ2v) is 8.92. The molecule has 2 heterocycles. The molecule has 2 aromatic rings. The fraction of sp³-hybridized carbons (Fsp3) is 0.476. The molecule has 0 amide bonds. The van der Waals surface area contributed by atoms with Gasteiger partial charge in [-0.3, -0.25) is 0 Å². The zero-order valence-electron chi connectivity index (χ0n) is 16.4. The number of anilines is 1. The number of benzene rings is 1. The average molecular weight is 388 g/mol. The number of aromatic nitrogens is 1. The summed E-state index contributed by atoms with van der Waals surface area (Å²) in [4.78, 5) is 7.17. The molecule has 146 valence electrons. The molecule has 0 saturated carbocycles. The van der Waals surface area contributed by atoms with Crippen LogP contribution in [0.1, 0.15) is 50.3 Å². The van der Waals surface area contributed by atoms with Gasteiger partial charge >= 0.3 is 0 Å². The molecule has 0 radical (unpaired) electrons. The van der Waals surface area contributed by atoms with E-state index in [-0.39, 0.29) is 6.04 Å². The normalized spacial score (nSPS) is 18.4. The molecule has 1 fully saturated rings. The first-order valence-corrected chi connectivity index (χ1v) is 11.2. The largest absolute Gasteiger partial charge is 0.357 e. The lowest BCUT2D eigenvalue weighted by atomic mass is 9.97. The van der Waals surface area contributed by atoms with Gasteiger partial charge in [-0.2, -0.15) is 4.31 Å². The third-order valence-corrected chi connectivity index (χ3v) is 7.24. The van der Waals surface area contributed by atoms with Gasteiger partial charge in [0.2, 0.25) is 10.0 Å². The van der Waals surface area contributed by atoms with Crippen molar-refractivity contribution in [3.05, 3.63) is 53.7 Å². The van der Waals surface area contributed by atoms with Crippen LogP contribution in [0.4, 0.5) is 5.82 Å². The number of rotatable bonds is 6. The highest BCUT2D eigenvalue weighted by Crippen LogP contribution is 2.38. The van der Waals surface area contributed by atoms with Crippen molar-refractivity contribution in [1.82, 2.24) is 9.29 Å². The van der Waals surface area contributed by atoms with Crippen LogP contribution in [0.15, 0.2) is 47.5 Å². The van der Waals surface area contributed by atoms with Gasteiger partial charge in [0.05, 0.1) is 10.9 Å². The van der Waals surface area contributed by atoms with Crippen LogP contribution in [0.5, 0.6) is 0 Å². The molecule has 1 aromatic carbocycles. The molecule has 0 aliphatic carbocycles. The van der Waals surface area contributed by atoms with Crippen LogP contribution in [0, 0.1) is 6.92 Å². The van der Waals surface area contributed by atoms with Crippen molar-refractivity contribution in [3.63, 3.8) is 0 Å². The SMILES string of the molecule is CCN(CC)c1ncccc1C1CCCCN1S(=O)(=O)c1ccc(C)cc1. The minimum atomic E-state index is -3.54. The van der Waals surface area contributed by atoms with Gasteiger partial charge in [-0.05, 0) is 51.8 Å². The Balaban J connectivity index is 2.03. The van der Waals surface area contributed by atoms with E-state index in [1.165, 1.54) is 0 Å². The van der Waals surface area contributed by atoms with E-state index in [1.54, 1.807) is 22.6 Å². The lowest BCUT2D eigenvalue weighted by Gasteiger charge is -2.37. The van der Waals surface area contributed by atoms with E-state index in [0.717, 1.165) is 49.3 Å². The van der Waals surface area contributed by atoms with Crippen LogP contribution in [0.2, 0.25) is 0 Å². The second kappa shape index (κ2) is 8.40. The second-order valence-electron chi connectivity index (χ2n) is 7.03. The maximum absolute atomic E-state index is 13.4. The Hall–Kier alpha value is -1.92. The highest BCUT2D eigenvalue weighted by atomic mass is 32.2. The number of hydrogen-bond acceptors (Lipinski definition) is 4. The first kappa shape index (κ1) is 19.8. The van der Waals surface area contributed by atoms with Crippen LogP contribution in [-0.4, -0.2) is 37.3 Å². The Labute approximate surface area is 163 Å². The number of pyridine rings is 1. The summed E-state index contributed by atoms with van der Waals surface area (Å²) in [6.45, 7) is 8.41. The Morgan fingerprint density at radius 1 is 1.11 bits per heavy atom. The first-order valence-electron chi connectivity index (χ1n) is 9.77. The summed E-state index contributed by atoms with van der Waals surface area (Å²) >= 11 is 0. The van der Waals surface area contributed by atoms with Gasteiger partial charge in [0, 0.05) is 31.4 Å². The van der Waals surface area contributed by atoms with Crippen LogP contribution < -0.4 is 4.90 Å². The molecule has 0 spiro atoms. The molecule has 1 saturated heterocycles. The van der Waals surface area contributed by atoms with E-state index in [4.69, 9.17) is 0 Å². The van der Waals surface area contributed by atoms with Gasteiger partial charge in [-0.1, -0.05) is 30.2 Å². The van der Waals surface area contributed by atoms with E-state index < -0.39 is 10.0 Å². The standard InChI is InChI=1S/C21H29N3O2S/c1-4-23(5-2)21-19(9-8-15-22-21)20-10-6-7-16-24(20)27(25,26)18-13-11-17(3)12-14-18/h8-9,11-15,20H,4-7,10,16H2,1-3H3. The predicted octanol–water partition coefficient (Wildman–Crippen LogP) is 4.15. The van der Waals surface area contributed by atoms with E-state index >= 15 is 0 Å². The van der Waals surface area contributed by atoms with Crippen molar-refractivity contribution in [2.24, 2.45) is 0 Å². The van der Waals surface area contributed by atoms with Gasteiger partial charge in [0.25, 0.3) is 0 Å². The predicted molar refractivity (Wildman–Crippen MR) is 109 cm³/mol. The molecule has 1 aliphatic heterocycles. The Kier molecular flexibility index (Phi) is 6.17. The summed E-state index contributed by atoms with van der Waals surface area (Å²) in [5.41, 5.74) is 2.07. The Bertz CT molecular complexity index is 861.